The molecule has 7 nitrogen and oxygen atoms in total. The third-order valence-electron chi connectivity index (χ3n) is 4.33. The van der Waals surface area contributed by atoms with Crippen LogP contribution >= 0.6 is 0 Å². The van der Waals surface area contributed by atoms with Gasteiger partial charge >= 0.3 is 0 Å². The van der Waals surface area contributed by atoms with E-state index >= 15 is 0 Å². The van der Waals surface area contributed by atoms with E-state index in [9.17, 15) is 9.59 Å². The van der Waals surface area contributed by atoms with E-state index in [1.807, 2.05) is 19.9 Å². The molecule has 3 rings (SSSR count). The number of hydrogen-bond donors (Lipinski definition) is 1. The molecule has 0 unspecified atom stereocenters. The third-order valence-corrected chi connectivity index (χ3v) is 4.33. The molecule has 7 heteroatoms. The first-order valence-electron chi connectivity index (χ1n) is 8.95. The van der Waals surface area contributed by atoms with Gasteiger partial charge in [-0.2, -0.15) is 0 Å². The molecular weight excluding hydrogens is 356 g/mol. The van der Waals surface area contributed by atoms with Crippen LogP contribution in [0.4, 0.5) is 0 Å². The maximum absolute atomic E-state index is 13.0. The summed E-state index contributed by atoms with van der Waals surface area (Å²) in [6.07, 6.45) is 1.57. The van der Waals surface area contributed by atoms with Crippen LogP contribution in [0.1, 0.15) is 35.6 Å². The van der Waals surface area contributed by atoms with Crippen molar-refractivity contribution in [2.75, 3.05) is 7.11 Å². The highest BCUT2D eigenvalue weighted by atomic mass is 16.6. The van der Waals surface area contributed by atoms with Crippen molar-refractivity contribution >= 4 is 23.0 Å². The SMILES string of the molecule is CO/N=C/c1ccc(C(=O)N(Cc2nc3ccccc3c(=O)[nH]2)C(C)C)cc1. The molecule has 1 N–H and O–H groups in total. The molecule has 0 saturated carbocycles. The van der Waals surface area contributed by atoms with Crippen LogP contribution in [0.2, 0.25) is 0 Å². The van der Waals surface area contributed by atoms with Gasteiger partial charge in [-0.1, -0.05) is 29.4 Å². The molecule has 0 aliphatic carbocycles. The zero-order chi connectivity index (χ0) is 20.1. The lowest BCUT2D eigenvalue weighted by Gasteiger charge is -2.26. The molecule has 0 aliphatic rings. The quantitative estimate of drug-likeness (QED) is 0.528. The molecule has 2 aromatic carbocycles. The summed E-state index contributed by atoms with van der Waals surface area (Å²) in [5.74, 6) is 0.315. The molecule has 0 bridgehead atoms. The molecule has 3 aromatic rings. The van der Waals surface area contributed by atoms with Gasteiger partial charge in [-0.3, -0.25) is 9.59 Å². The van der Waals surface area contributed by atoms with Crippen LogP contribution in [0, 0.1) is 0 Å². The van der Waals surface area contributed by atoms with Gasteiger partial charge in [0.1, 0.15) is 12.9 Å². The van der Waals surface area contributed by atoms with Gasteiger partial charge in [0.25, 0.3) is 11.5 Å². The third kappa shape index (κ3) is 4.25. The Morgan fingerprint density at radius 3 is 2.61 bits per heavy atom. The summed E-state index contributed by atoms with van der Waals surface area (Å²) >= 11 is 0. The maximum Gasteiger partial charge on any atom is 0.258 e. The van der Waals surface area contributed by atoms with Gasteiger partial charge < -0.3 is 14.7 Å². The number of para-hydroxylation sites is 1. The van der Waals surface area contributed by atoms with Crippen LogP contribution in [0.3, 0.4) is 0 Å². The van der Waals surface area contributed by atoms with Crippen molar-refractivity contribution in [3.63, 3.8) is 0 Å². The number of rotatable bonds is 6. The summed E-state index contributed by atoms with van der Waals surface area (Å²) < 4.78 is 0. The highest BCUT2D eigenvalue weighted by Crippen LogP contribution is 2.13. The summed E-state index contributed by atoms with van der Waals surface area (Å²) in [7, 11) is 1.47. The number of H-pyrrole nitrogens is 1. The molecule has 1 aromatic heterocycles. The van der Waals surface area contributed by atoms with Gasteiger partial charge in [0.05, 0.1) is 23.7 Å². The molecule has 0 atom stereocenters. The van der Waals surface area contributed by atoms with Crippen molar-refractivity contribution < 1.29 is 9.63 Å². The standard InChI is InChI=1S/C21H22N4O3/c1-14(2)25(21(27)16-10-8-15(9-11-16)12-22-28-3)13-19-23-18-7-5-4-6-17(18)20(26)24-19/h4-12,14H,13H2,1-3H3,(H,23,24,26)/b22-12+. The van der Waals surface area contributed by atoms with Crippen LogP contribution in [0.25, 0.3) is 10.9 Å². The smallest absolute Gasteiger partial charge is 0.258 e. The Morgan fingerprint density at radius 1 is 1.21 bits per heavy atom. The van der Waals surface area contributed by atoms with Crippen molar-refractivity contribution in [2.24, 2.45) is 5.16 Å². The number of hydrogen-bond acceptors (Lipinski definition) is 5. The Labute approximate surface area is 162 Å². The van der Waals surface area contributed by atoms with E-state index < -0.39 is 0 Å². The van der Waals surface area contributed by atoms with Gasteiger partial charge in [0.15, 0.2) is 0 Å². The zero-order valence-electron chi connectivity index (χ0n) is 16.0. The molecular formula is C21H22N4O3. The lowest BCUT2D eigenvalue weighted by atomic mass is 10.1. The number of oxime groups is 1. The molecule has 0 saturated heterocycles. The summed E-state index contributed by atoms with van der Waals surface area (Å²) in [6, 6.07) is 14.1. The van der Waals surface area contributed by atoms with Crippen LogP contribution in [-0.4, -0.2) is 40.1 Å². The molecule has 1 amide bonds. The summed E-state index contributed by atoms with van der Waals surface area (Å²) in [5, 5.41) is 4.24. The zero-order valence-corrected chi connectivity index (χ0v) is 16.0. The number of aromatic nitrogens is 2. The molecule has 0 aliphatic heterocycles. The first-order chi connectivity index (χ1) is 13.5. The van der Waals surface area contributed by atoms with Crippen molar-refractivity contribution in [2.45, 2.75) is 26.4 Å². The maximum atomic E-state index is 13.0. The summed E-state index contributed by atoms with van der Waals surface area (Å²) in [6.45, 7) is 4.07. The highest BCUT2D eigenvalue weighted by Gasteiger charge is 2.20. The highest BCUT2D eigenvalue weighted by molar-refractivity contribution is 5.95. The topological polar surface area (TPSA) is 87.7 Å². The molecule has 0 radical (unpaired) electrons. The predicted octanol–water partition coefficient (Wildman–Crippen LogP) is 2.95. The van der Waals surface area contributed by atoms with Gasteiger partial charge in [0, 0.05) is 11.6 Å². The van der Waals surface area contributed by atoms with Gasteiger partial charge in [-0.05, 0) is 43.7 Å². The number of nitrogens with one attached hydrogen (secondary N) is 1. The fourth-order valence-corrected chi connectivity index (χ4v) is 2.85. The monoisotopic (exact) mass is 378 g/mol. The normalized spacial score (nSPS) is 11.3. The van der Waals surface area contributed by atoms with Crippen LogP contribution in [-0.2, 0) is 11.4 Å². The first kappa shape index (κ1) is 19.3. The predicted molar refractivity (Wildman–Crippen MR) is 108 cm³/mol. The number of fused-ring (bicyclic) bond motifs is 1. The Morgan fingerprint density at radius 2 is 1.93 bits per heavy atom. The molecule has 1 heterocycles. The second-order valence-corrected chi connectivity index (χ2v) is 6.60. The number of amides is 1. The van der Waals surface area contributed by atoms with E-state index in [1.165, 1.54) is 7.11 Å². The largest absolute Gasteiger partial charge is 0.399 e. The van der Waals surface area contributed by atoms with Gasteiger partial charge in [-0.15, -0.1) is 0 Å². The Bertz CT molecular complexity index is 1060. The number of carbonyl (C=O) groups excluding carboxylic acids is 1. The summed E-state index contributed by atoms with van der Waals surface area (Å²) in [5.41, 5.74) is 1.78. The minimum absolute atomic E-state index is 0.0704. The molecule has 144 valence electrons. The number of nitrogens with zero attached hydrogens (tertiary/aromatic N) is 3. The fourth-order valence-electron chi connectivity index (χ4n) is 2.85. The van der Waals surface area contributed by atoms with Gasteiger partial charge in [0.2, 0.25) is 0 Å². The lowest BCUT2D eigenvalue weighted by Crippen LogP contribution is -2.37. The fraction of sp³-hybridized carbons (Fsp3) is 0.238. The van der Waals surface area contributed by atoms with E-state index in [2.05, 4.69) is 20.0 Å². The van der Waals surface area contributed by atoms with E-state index in [0.29, 0.717) is 22.3 Å². The minimum atomic E-state index is -0.210. The van der Waals surface area contributed by atoms with Gasteiger partial charge in [-0.25, -0.2) is 4.98 Å². The van der Waals surface area contributed by atoms with E-state index in [1.54, 1.807) is 53.6 Å². The second-order valence-electron chi connectivity index (χ2n) is 6.60. The lowest BCUT2D eigenvalue weighted by molar-refractivity contribution is 0.0685. The Balaban J connectivity index is 1.86. The molecule has 0 fully saturated rings. The number of aromatic amines is 1. The van der Waals surface area contributed by atoms with Crippen molar-refractivity contribution in [3.8, 4) is 0 Å². The van der Waals surface area contributed by atoms with Crippen LogP contribution in [0.15, 0.2) is 58.5 Å². The second kappa shape index (κ2) is 8.47. The number of carbonyl (C=O) groups is 1. The minimum Gasteiger partial charge on any atom is -0.399 e. The van der Waals surface area contributed by atoms with Crippen molar-refractivity contribution in [1.82, 2.24) is 14.9 Å². The average Bonchev–Trinajstić information content (AvgIpc) is 2.70. The van der Waals surface area contributed by atoms with Crippen molar-refractivity contribution in [1.29, 1.82) is 0 Å². The molecule has 28 heavy (non-hydrogen) atoms. The van der Waals surface area contributed by atoms with E-state index in [-0.39, 0.29) is 24.1 Å². The first-order valence-corrected chi connectivity index (χ1v) is 8.95. The summed E-state index contributed by atoms with van der Waals surface area (Å²) in [4.78, 5) is 38.9. The van der Waals surface area contributed by atoms with E-state index in [0.717, 1.165) is 5.56 Å². The Kier molecular flexibility index (Phi) is 5.84. The Hall–Kier alpha value is -3.48. The van der Waals surface area contributed by atoms with Crippen molar-refractivity contribution in [3.05, 3.63) is 75.8 Å². The van der Waals surface area contributed by atoms with Crippen LogP contribution in [0.5, 0.6) is 0 Å². The average molecular weight is 378 g/mol. The number of benzene rings is 2. The molecule has 0 spiro atoms. The van der Waals surface area contributed by atoms with Crippen LogP contribution < -0.4 is 5.56 Å². The van der Waals surface area contributed by atoms with E-state index in [4.69, 9.17) is 0 Å².